The molecular weight excluding hydrogens is 288 g/mol. The van der Waals surface area contributed by atoms with Crippen molar-refractivity contribution in [2.45, 2.75) is 26.0 Å². The SMILES string of the molecule is CC(Oc1ccc(-c2ccccc2)cc1)C(=O)N(C)C(C)CN. The first kappa shape index (κ1) is 17.0. The van der Waals surface area contributed by atoms with Crippen LogP contribution in [0.1, 0.15) is 13.8 Å². The van der Waals surface area contributed by atoms with Gasteiger partial charge in [-0.1, -0.05) is 42.5 Å². The van der Waals surface area contributed by atoms with Crippen molar-refractivity contribution < 1.29 is 9.53 Å². The molecule has 4 nitrogen and oxygen atoms in total. The van der Waals surface area contributed by atoms with Crippen LogP contribution in [0, 0.1) is 0 Å². The number of hydrogen-bond acceptors (Lipinski definition) is 3. The van der Waals surface area contributed by atoms with E-state index in [0.29, 0.717) is 12.3 Å². The van der Waals surface area contributed by atoms with Gasteiger partial charge in [-0.25, -0.2) is 0 Å². The minimum atomic E-state index is -0.545. The summed E-state index contributed by atoms with van der Waals surface area (Å²) in [7, 11) is 1.75. The van der Waals surface area contributed by atoms with Crippen LogP contribution in [0.2, 0.25) is 0 Å². The van der Waals surface area contributed by atoms with Gasteiger partial charge in [-0.05, 0) is 37.1 Å². The predicted molar refractivity (Wildman–Crippen MR) is 93.3 cm³/mol. The highest BCUT2D eigenvalue weighted by molar-refractivity contribution is 5.81. The molecule has 2 unspecified atom stereocenters. The number of amides is 1. The first-order valence-electron chi connectivity index (χ1n) is 7.81. The van der Waals surface area contributed by atoms with Gasteiger partial charge in [0.05, 0.1) is 0 Å². The quantitative estimate of drug-likeness (QED) is 0.892. The van der Waals surface area contributed by atoms with Gasteiger partial charge in [0.2, 0.25) is 0 Å². The first-order chi connectivity index (χ1) is 11.0. The number of benzene rings is 2. The Balaban J connectivity index is 2.02. The van der Waals surface area contributed by atoms with E-state index in [-0.39, 0.29) is 11.9 Å². The number of nitrogens with zero attached hydrogens (tertiary/aromatic N) is 1. The average molecular weight is 312 g/mol. The molecule has 0 heterocycles. The molecule has 0 aromatic heterocycles. The van der Waals surface area contributed by atoms with E-state index < -0.39 is 6.10 Å². The summed E-state index contributed by atoms with van der Waals surface area (Å²) in [5.41, 5.74) is 7.87. The Hall–Kier alpha value is -2.33. The van der Waals surface area contributed by atoms with Crippen LogP contribution in [-0.2, 0) is 4.79 Å². The van der Waals surface area contributed by atoms with Crippen LogP contribution in [0.4, 0.5) is 0 Å². The molecule has 0 saturated carbocycles. The third-order valence-electron chi connectivity index (χ3n) is 3.97. The second-order valence-corrected chi connectivity index (χ2v) is 5.68. The van der Waals surface area contributed by atoms with Crippen LogP contribution in [0.3, 0.4) is 0 Å². The zero-order valence-electron chi connectivity index (χ0n) is 13.9. The van der Waals surface area contributed by atoms with Crippen LogP contribution >= 0.6 is 0 Å². The van der Waals surface area contributed by atoms with Gasteiger partial charge in [0.15, 0.2) is 6.10 Å². The Morgan fingerprint density at radius 1 is 1.04 bits per heavy atom. The normalized spacial score (nSPS) is 13.2. The van der Waals surface area contributed by atoms with Crippen molar-refractivity contribution in [2.75, 3.05) is 13.6 Å². The lowest BCUT2D eigenvalue weighted by Crippen LogP contribution is -2.45. The van der Waals surface area contributed by atoms with Crippen molar-refractivity contribution in [2.24, 2.45) is 5.73 Å². The summed E-state index contributed by atoms with van der Waals surface area (Å²) < 4.78 is 5.75. The molecule has 0 aliphatic rings. The Morgan fingerprint density at radius 3 is 2.17 bits per heavy atom. The largest absolute Gasteiger partial charge is 0.481 e. The lowest BCUT2D eigenvalue weighted by Gasteiger charge is -2.26. The predicted octanol–water partition coefficient (Wildman–Crippen LogP) is 2.93. The van der Waals surface area contributed by atoms with E-state index in [9.17, 15) is 4.79 Å². The lowest BCUT2D eigenvalue weighted by molar-refractivity contribution is -0.138. The number of rotatable bonds is 6. The summed E-state index contributed by atoms with van der Waals surface area (Å²) in [5.74, 6) is 0.606. The molecule has 0 radical (unpaired) electrons. The van der Waals surface area contributed by atoms with Gasteiger partial charge >= 0.3 is 0 Å². The second kappa shape index (κ2) is 7.79. The summed E-state index contributed by atoms with van der Waals surface area (Å²) in [6, 6.07) is 17.9. The fraction of sp³-hybridized carbons (Fsp3) is 0.316. The number of hydrogen-bond donors (Lipinski definition) is 1. The maximum absolute atomic E-state index is 12.3. The molecule has 1 amide bonds. The summed E-state index contributed by atoms with van der Waals surface area (Å²) in [6.45, 7) is 4.10. The third-order valence-corrected chi connectivity index (χ3v) is 3.97. The molecule has 0 spiro atoms. The molecule has 4 heteroatoms. The maximum atomic E-state index is 12.3. The molecule has 0 fully saturated rings. The minimum absolute atomic E-state index is 0.00555. The Morgan fingerprint density at radius 2 is 1.61 bits per heavy atom. The van der Waals surface area contributed by atoms with Crippen molar-refractivity contribution in [1.82, 2.24) is 4.90 Å². The number of carbonyl (C=O) groups is 1. The van der Waals surface area contributed by atoms with Gasteiger partial charge in [-0.2, -0.15) is 0 Å². The van der Waals surface area contributed by atoms with E-state index >= 15 is 0 Å². The van der Waals surface area contributed by atoms with Crippen molar-refractivity contribution in [3.05, 3.63) is 54.6 Å². The highest BCUT2D eigenvalue weighted by Gasteiger charge is 2.22. The van der Waals surface area contributed by atoms with Crippen LogP contribution in [0.25, 0.3) is 11.1 Å². The second-order valence-electron chi connectivity index (χ2n) is 5.68. The molecule has 0 aliphatic carbocycles. The van der Waals surface area contributed by atoms with E-state index in [2.05, 4.69) is 12.1 Å². The molecule has 2 atom stereocenters. The van der Waals surface area contributed by atoms with Gasteiger partial charge in [0.25, 0.3) is 5.91 Å². The minimum Gasteiger partial charge on any atom is -0.481 e. The number of ether oxygens (including phenoxy) is 1. The average Bonchev–Trinajstić information content (AvgIpc) is 2.61. The van der Waals surface area contributed by atoms with Crippen molar-refractivity contribution >= 4 is 5.91 Å². The van der Waals surface area contributed by atoms with Crippen LogP contribution < -0.4 is 10.5 Å². The fourth-order valence-electron chi connectivity index (χ4n) is 2.27. The van der Waals surface area contributed by atoms with Gasteiger partial charge in [-0.3, -0.25) is 4.79 Å². The standard InChI is InChI=1S/C19H24N2O2/c1-14(13-20)21(3)19(22)15(2)23-18-11-9-17(10-12-18)16-7-5-4-6-8-16/h4-12,14-15H,13,20H2,1-3H3. The zero-order chi connectivity index (χ0) is 16.8. The zero-order valence-corrected chi connectivity index (χ0v) is 13.9. The molecule has 2 aromatic rings. The topological polar surface area (TPSA) is 55.6 Å². The molecule has 0 bridgehead atoms. The van der Waals surface area contributed by atoms with E-state index in [1.54, 1.807) is 18.9 Å². The monoisotopic (exact) mass is 312 g/mol. The number of carbonyl (C=O) groups excluding carboxylic acids is 1. The van der Waals surface area contributed by atoms with Gasteiger partial charge in [0.1, 0.15) is 5.75 Å². The van der Waals surface area contributed by atoms with Gasteiger partial charge < -0.3 is 15.4 Å². The molecule has 2 rings (SSSR count). The van der Waals surface area contributed by atoms with E-state index in [1.807, 2.05) is 49.4 Å². The van der Waals surface area contributed by atoms with E-state index in [0.717, 1.165) is 11.1 Å². The summed E-state index contributed by atoms with van der Waals surface area (Å²) in [5, 5.41) is 0. The Bertz CT molecular complexity index is 626. The van der Waals surface area contributed by atoms with E-state index in [1.165, 1.54) is 0 Å². The van der Waals surface area contributed by atoms with Gasteiger partial charge in [0, 0.05) is 19.6 Å². The molecule has 2 aromatic carbocycles. The number of likely N-dealkylation sites (N-methyl/N-ethyl adjacent to an activating group) is 1. The van der Waals surface area contributed by atoms with Crippen molar-refractivity contribution in [3.63, 3.8) is 0 Å². The van der Waals surface area contributed by atoms with Crippen LogP contribution in [0.5, 0.6) is 5.75 Å². The fourth-order valence-corrected chi connectivity index (χ4v) is 2.27. The Labute approximate surface area is 137 Å². The van der Waals surface area contributed by atoms with Crippen molar-refractivity contribution in [1.29, 1.82) is 0 Å². The maximum Gasteiger partial charge on any atom is 0.263 e. The summed E-state index contributed by atoms with van der Waals surface area (Å²) >= 11 is 0. The highest BCUT2D eigenvalue weighted by atomic mass is 16.5. The van der Waals surface area contributed by atoms with Crippen LogP contribution in [0.15, 0.2) is 54.6 Å². The lowest BCUT2D eigenvalue weighted by atomic mass is 10.1. The van der Waals surface area contributed by atoms with Crippen LogP contribution in [-0.4, -0.2) is 36.5 Å². The first-order valence-corrected chi connectivity index (χ1v) is 7.81. The summed E-state index contributed by atoms with van der Waals surface area (Å²) in [4.78, 5) is 13.9. The van der Waals surface area contributed by atoms with E-state index in [4.69, 9.17) is 10.5 Å². The molecule has 0 aliphatic heterocycles. The molecule has 23 heavy (non-hydrogen) atoms. The summed E-state index contributed by atoms with van der Waals surface area (Å²) in [6.07, 6.45) is -0.545. The molecule has 122 valence electrons. The van der Waals surface area contributed by atoms with Crippen molar-refractivity contribution in [3.8, 4) is 16.9 Å². The molecular formula is C19H24N2O2. The number of nitrogens with two attached hydrogens (primary N) is 1. The Kier molecular flexibility index (Phi) is 5.77. The highest BCUT2D eigenvalue weighted by Crippen LogP contribution is 2.22. The molecule has 2 N–H and O–H groups in total. The molecule has 0 saturated heterocycles. The van der Waals surface area contributed by atoms with Gasteiger partial charge in [-0.15, -0.1) is 0 Å². The third kappa shape index (κ3) is 4.33. The smallest absolute Gasteiger partial charge is 0.263 e.